The molecule has 0 amide bonds. The quantitative estimate of drug-likeness (QED) is 0.745. The number of aromatic hydroxyl groups is 2. The van der Waals surface area contributed by atoms with Crippen molar-refractivity contribution in [1.29, 1.82) is 0 Å². The van der Waals surface area contributed by atoms with Gasteiger partial charge in [0, 0.05) is 12.1 Å². The van der Waals surface area contributed by atoms with Crippen molar-refractivity contribution in [3.63, 3.8) is 0 Å². The molecule has 4 N–H and O–H groups in total. The zero-order valence-corrected chi connectivity index (χ0v) is 9.20. The molecule has 0 radical (unpaired) electrons. The van der Waals surface area contributed by atoms with E-state index in [0.717, 1.165) is 17.9 Å². The summed E-state index contributed by atoms with van der Waals surface area (Å²) >= 11 is 0. The van der Waals surface area contributed by atoms with Crippen molar-refractivity contribution in [1.82, 2.24) is 0 Å². The van der Waals surface area contributed by atoms with E-state index in [2.05, 4.69) is 0 Å². The maximum absolute atomic E-state index is 9.28. The zero-order valence-electron chi connectivity index (χ0n) is 8.39. The third-order valence-corrected chi connectivity index (χ3v) is 2.64. The SMILES string of the molecule is Cl.N[C@@H](CC1CC1)c1cc(O)cc(O)c1. The van der Waals surface area contributed by atoms with Crippen molar-refractivity contribution < 1.29 is 10.2 Å². The van der Waals surface area contributed by atoms with Gasteiger partial charge in [-0.2, -0.15) is 0 Å². The molecule has 1 aliphatic rings. The molecule has 0 aromatic heterocycles. The summed E-state index contributed by atoms with van der Waals surface area (Å²) in [6.07, 6.45) is 3.47. The summed E-state index contributed by atoms with van der Waals surface area (Å²) in [7, 11) is 0. The van der Waals surface area contributed by atoms with Crippen LogP contribution < -0.4 is 5.73 Å². The van der Waals surface area contributed by atoms with E-state index < -0.39 is 0 Å². The Morgan fingerprint density at radius 2 is 1.73 bits per heavy atom. The molecule has 1 atom stereocenters. The van der Waals surface area contributed by atoms with Gasteiger partial charge in [0.1, 0.15) is 11.5 Å². The highest BCUT2D eigenvalue weighted by Gasteiger charge is 2.24. The molecular formula is C11H16ClNO2. The number of rotatable bonds is 3. The predicted octanol–water partition coefficient (Wildman–Crippen LogP) is 2.32. The van der Waals surface area contributed by atoms with Crippen LogP contribution in [0.5, 0.6) is 11.5 Å². The van der Waals surface area contributed by atoms with Crippen LogP contribution in [0.15, 0.2) is 18.2 Å². The lowest BCUT2D eigenvalue weighted by molar-refractivity contribution is 0.446. The van der Waals surface area contributed by atoms with E-state index in [1.165, 1.54) is 18.9 Å². The first kappa shape index (κ1) is 12.1. The number of hydrogen-bond acceptors (Lipinski definition) is 3. The molecule has 1 aromatic carbocycles. The largest absolute Gasteiger partial charge is 0.508 e. The molecule has 1 fully saturated rings. The molecule has 84 valence electrons. The van der Waals surface area contributed by atoms with E-state index in [-0.39, 0.29) is 29.9 Å². The van der Waals surface area contributed by atoms with Gasteiger partial charge in [-0.05, 0) is 30.0 Å². The number of hydrogen-bond donors (Lipinski definition) is 3. The smallest absolute Gasteiger partial charge is 0.119 e. The van der Waals surface area contributed by atoms with E-state index in [1.807, 2.05) is 0 Å². The van der Waals surface area contributed by atoms with Crippen LogP contribution in [0.4, 0.5) is 0 Å². The molecule has 0 saturated heterocycles. The number of phenolic OH excluding ortho intramolecular Hbond substituents is 2. The molecule has 1 aromatic rings. The predicted molar refractivity (Wildman–Crippen MR) is 61.3 cm³/mol. The fraction of sp³-hybridized carbons (Fsp3) is 0.455. The summed E-state index contributed by atoms with van der Waals surface area (Å²) in [4.78, 5) is 0. The minimum Gasteiger partial charge on any atom is -0.508 e. The maximum Gasteiger partial charge on any atom is 0.119 e. The summed E-state index contributed by atoms with van der Waals surface area (Å²) in [6.45, 7) is 0. The maximum atomic E-state index is 9.28. The molecule has 0 heterocycles. The van der Waals surface area contributed by atoms with Gasteiger partial charge in [0.15, 0.2) is 0 Å². The zero-order chi connectivity index (χ0) is 10.1. The van der Waals surface area contributed by atoms with E-state index in [4.69, 9.17) is 5.73 Å². The standard InChI is InChI=1S/C11H15NO2.ClH/c12-11(3-7-1-2-7)8-4-9(13)6-10(14)5-8;/h4-7,11,13-14H,1-3,12H2;1H/t11-;/m0./s1. The Morgan fingerprint density at radius 1 is 1.20 bits per heavy atom. The number of benzene rings is 1. The van der Waals surface area contributed by atoms with Crippen LogP contribution in [0.25, 0.3) is 0 Å². The highest BCUT2D eigenvalue weighted by Crippen LogP contribution is 2.37. The fourth-order valence-electron chi connectivity index (χ4n) is 1.68. The minimum absolute atomic E-state index is 0. The first-order chi connectivity index (χ1) is 6.65. The fourth-order valence-corrected chi connectivity index (χ4v) is 1.68. The number of nitrogens with two attached hydrogens (primary N) is 1. The van der Waals surface area contributed by atoms with Gasteiger partial charge < -0.3 is 15.9 Å². The van der Waals surface area contributed by atoms with Gasteiger partial charge in [0.2, 0.25) is 0 Å². The van der Waals surface area contributed by atoms with Crippen molar-refractivity contribution >= 4 is 12.4 Å². The second kappa shape index (κ2) is 4.73. The Labute approximate surface area is 95.3 Å². The highest BCUT2D eigenvalue weighted by atomic mass is 35.5. The van der Waals surface area contributed by atoms with Gasteiger partial charge in [-0.1, -0.05) is 12.8 Å². The normalized spacial score (nSPS) is 16.9. The molecular weight excluding hydrogens is 214 g/mol. The van der Waals surface area contributed by atoms with Gasteiger partial charge in [-0.3, -0.25) is 0 Å². The highest BCUT2D eigenvalue weighted by molar-refractivity contribution is 5.85. The Kier molecular flexibility index (Phi) is 3.83. The molecule has 0 unspecified atom stereocenters. The van der Waals surface area contributed by atoms with Crippen molar-refractivity contribution in [2.75, 3.05) is 0 Å². The Bertz CT molecular complexity index is 319. The Hall–Kier alpha value is -0.930. The molecule has 1 aliphatic carbocycles. The average molecular weight is 230 g/mol. The Balaban J connectivity index is 0.00000112. The van der Waals surface area contributed by atoms with Crippen LogP contribution in [-0.4, -0.2) is 10.2 Å². The second-order valence-corrected chi connectivity index (χ2v) is 4.07. The van der Waals surface area contributed by atoms with Crippen LogP contribution in [0.1, 0.15) is 30.9 Å². The first-order valence-electron chi connectivity index (χ1n) is 4.93. The molecule has 0 spiro atoms. The van der Waals surface area contributed by atoms with Gasteiger partial charge in [-0.15, -0.1) is 12.4 Å². The molecule has 1 saturated carbocycles. The first-order valence-corrected chi connectivity index (χ1v) is 4.93. The van der Waals surface area contributed by atoms with Crippen LogP contribution in [0, 0.1) is 5.92 Å². The molecule has 0 aliphatic heterocycles. The second-order valence-electron chi connectivity index (χ2n) is 4.07. The van der Waals surface area contributed by atoms with Crippen molar-refractivity contribution in [3.05, 3.63) is 23.8 Å². The van der Waals surface area contributed by atoms with Gasteiger partial charge >= 0.3 is 0 Å². The molecule has 2 rings (SSSR count). The van der Waals surface area contributed by atoms with E-state index >= 15 is 0 Å². The molecule has 3 nitrogen and oxygen atoms in total. The third-order valence-electron chi connectivity index (χ3n) is 2.64. The van der Waals surface area contributed by atoms with Gasteiger partial charge in [0.25, 0.3) is 0 Å². The molecule has 0 bridgehead atoms. The van der Waals surface area contributed by atoms with Gasteiger partial charge in [0.05, 0.1) is 0 Å². The van der Waals surface area contributed by atoms with Crippen LogP contribution in [0.3, 0.4) is 0 Å². The number of phenols is 2. The van der Waals surface area contributed by atoms with Crippen molar-refractivity contribution in [3.8, 4) is 11.5 Å². The lowest BCUT2D eigenvalue weighted by Gasteiger charge is -2.11. The lowest BCUT2D eigenvalue weighted by atomic mass is 10.0. The van der Waals surface area contributed by atoms with Crippen LogP contribution >= 0.6 is 12.4 Å². The van der Waals surface area contributed by atoms with Crippen LogP contribution in [0.2, 0.25) is 0 Å². The average Bonchev–Trinajstić information content (AvgIpc) is 2.86. The van der Waals surface area contributed by atoms with Gasteiger partial charge in [-0.25, -0.2) is 0 Å². The molecule has 4 heteroatoms. The van der Waals surface area contributed by atoms with Crippen LogP contribution in [-0.2, 0) is 0 Å². The van der Waals surface area contributed by atoms with Crippen molar-refractivity contribution in [2.24, 2.45) is 11.7 Å². The lowest BCUT2D eigenvalue weighted by Crippen LogP contribution is -2.10. The summed E-state index contributed by atoms with van der Waals surface area (Å²) < 4.78 is 0. The summed E-state index contributed by atoms with van der Waals surface area (Å²) in [5, 5.41) is 18.6. The Morgan fingerprint density at radius 3 is 2.20 bits per heavy atom. The van der Waals surface area contributed by atoms with E-state index in [0.29, 0.717) is 0 Å². The third kappa shape index (κ3) is 3.29. The van der Waals surface area contributed by atoms with E-state index in [9.17, 15) is 10.2 Å². The molecule has 15 heavy (non-hydrogen) atoms. The summed E-state index contributed by atoms with van der Waals surface area (Å²) in [5.74, 6) is 0.895. The topological polar surface area (TPSA) is 66.5 Å². The number of halogens is 1. The monoisotopic (exact) mass is 229 g/mol. The van der Waals surface area contributed by atoms with E-state index in [1.54, 1.807) is 12.1 Å². The van der Waals surface area contributed by atoms with Crippen molar-refractivity contribution in [2.45, 2.75) is 25.3 Å². The summed E-state index contributed by atoms with van der Waals surface area (Å²) in [6, 6.07) is 4.48. The summed E-state index contributed by atoms with van der Waals surface area (Å²) in [5.41, 5.74) is 6.77. The minimum atomic E-state index is -0.0690.